The van der Waals surface area contributed by atoms with Crippen LogP contribution in [0, 0.1) is 0 Å². The molecular formula is C12H17N5S. The van der Waals surface area contributed by atoms with Crippen molar-refractivity contribution in [2.45, 2.75) is 24.3 Å². The first-order chi connectivity index (χ1) is 8.81. The molecule has 0 saturated carbocycles. The fourth-order valence-electron chi connectivity index (χ4n) is 1.50. The fourth-order valence-corrected chi connectivity index (χ4v) is 2.38. The third kappa shape index (κ3) is 3.22. The van der Waals surface area contributed by atoms with Gasteiger partial charge < -0.3 is 9.88 Å². The van der Waals surface area contributed by atoms with Crippen LogP contribution in [0.25, 0.3) is 0 Å². The number of hydrogen-bond acceptors (Lipinski definition) is 5. The molecule has 2 rings (SSSR count). The molecule has 0 amide bonds. The number of thioether (sulfide) groups is 1. The van der Waals surface area contributed by atoms with Crippen LogP contribution < -0.4 is 5.32 Å². The summed E-state index contributed by atoms with van der Waals surface area (Å²) < 4.78 is 1.92. The standard InChI is InChI=1S/C12H17N5S/c1-3-6-13-11-10(5-4-7-14-11)8-18-12-16-15-9-17(12)2/h4-5,7,9H,3,6,8H2,1-2H3,(H,13,14). The van der Waals surface area contributed by atoms with E-state index < -0.39 is 0 Å². The van der Waals surface area contributed by atoms with E-state index in [-0.39, 0.29) is 0 Å². The summed E-state index contributed by atoms with van der Waals surface area (Å²) in [5.41, 5.74) is 1.19. The molecule has 6 heteroatoms. The van der Waals surface area contributed by atoms with Gasteiger partial charge in [-0.1, -0.05) is 24.8 Å². The normalized spacial score (nSPS) is 10.6. The zero-order valence-electron chi connectivity index (χ0n) is 10.6. The van der Waals surface area contributed by atoms with Crippen molar-refractivity contribution in [2.24, 2.45) is 7.05 Å². The summed E-state index contributed by atoms with van der Waals surface area (Å²) in [7, 11) is 1.95. The molecule has 0 atom stereocenters. The number of rotatable bonds is 6. The number of nitrogens with zero attached hydrogens (tertiary/aromatic N) is 4. The first kappa shape index (κ1) is 12.9. The Balaban J connectivity index is 2.02. The number of aryl methyl sites for hydroxylation is 1. The maximum atomic E-state index is 4.37. The van der Waals surface area contributed by atoms with Gasteiger partial charge in [-0.3, -0.25) is 0 Å². The molecular weight excluding hydrogens is 246 g/mol. The Kier molecular flexibility index (Phi) is 4.58. The maximum Gasteiger partial charge on any atom is 0.191 e. The van der Waals surface area contributed by atoms with E-state index in [9.17, 15) is 0 Å². The van der Waals surface area contributed by atoms with Crippen molar-refractivity contribution < 1.29 is 0 Å². The van der Waals surface area contributed by atoms with Crippen LogP contribution in [0.2, 0.25) is 0 Å². The van der Waals surface area contributed by atoms with Crippen LogP contribution in [-0.2, 0) is 12.8 Å². The van der Waals surface area contributed by atoms with Gasteiger partial charge in [0.1, 0.15) is 12.1 Å². The summed E-state index contributed by atoms with van der Waals surface area (Å²) in [6, 6.07) is 4.05. The number of hydrogen-bond donors (Lipinski definition) is 1. The van der Waals surface area contributed by atoms with Crippen molar-refractivity contribution in [2.75, 3.05) is 11.9 Å². The third-order valence-corrected chi connectivity index (χ3v) is 3.54. The molecule has 2 heterocycles. The molecule has 0 radical (unpaired) electrons. The predicted octanol–water partition coefficient (Wildman–Crippen LogP) is 2.32. The summed E-state index contributed by atoms with van der Waals surface area (Å²) in [5, 5.41) is 12.2. The van der Waals surface area contributed by atoms with E-state index in [1.54, 1.807) is 18.1 Å². The summed E-state index contributed by atoms with van der Waals surface area (Å²) >= 11 is 1.66. The Morgan fingerprint density at radius 3 is 3.06 bits per heavy atom. The van der Waals surface area contributed by atoms with Gasteiger partial charge in [-0.15, -0.1) is 10.2 Å². The van der Waals surface area contributed by atoms with Crippen LogP contribution >= 0.6 is 11.8 Å². The highest BCUT2D eigenvalue weighted by molar-refractivity contribution is 7.98. The van der Waals surface area contributed by atoms with Gasteiger partial charge >= 0.3 is 0 Å². The molecule has 96 valence electrons. The number of aromatic nitrogens is 4. The van der Waals surface area contributed by atoms with Crippen molar-refractivity contribution in [3.63, 3.8) is 0 Å². The SMILES string of the molecule is CCCNc1ncccc1CSc1nncn1C. The minimum absolute atomic E-state index is 0.840. The molecule has 5 nitrogen and oxygen atoms in total. The number of anilines is 1. The van der Waals surface area contributed by atoms with E-state index in [4.69, 9.17) is 0 Å². The molecule has 18 heavy (non-hydrogen) atoms. The van der Waals surface area contributed by atoms with Gasteiger partial charge in [-0.2, -0.15) is 0 Å². The second-order valence-corrected chi connectivity index (χ2v) is 4.89. The lowest BCUT2D eigenvalue weighted by Crippen LogP contribution is -2.04. The molecule has 0 saturated heterocycles. The first-order valence-corrected chi connectivity index (χ1v) is 6.94. The van der Waals surface area contributed by atoms with Gasteiger partial charge in [0.05, 0.1) is 0 Å². The lowest BCUT2D eigenvalue weighted by Gasteiger charge is -2.09. The molecule has 0 aliphatic heterocycles. The van der Waals surface area contributed by atoms with E-state index in [1.165, 1.54) is 5.56 Å². The third-order valence-electron chi connectivity index (χ3n) is 2.46. The Hall–Kier alpha value is -1.56. The summed E-state index contributed by atoms with van der Waals surface area (Å²) in [6.07, 6.45) is 4.61. The molecule has 0 spiro atoms. The molecule has 0 aliphatic rings. The fraction of sp³-hybridized carbons (Fsp3) is 0.417. The van der Waals surface area contributed by atoms with Gasteiger partial charge in [-0.25, -0.2) is 4.98 Å². The molecule has 2 aromatic heterocycles. The van der Waals surface area contributed by atoms with Gasteiger partial charge in [0.15, 0.2) is 5.16 Å². The van der Waals surface area contributed by atoms with E-state index in [1.807, 2.05) is 23.9 Å². The minimum Gasteiger partial charge on any atom is -0.370 e. The molecule has 0 aliphatic carbocycles. The van der Waals surface area contributed by atoms with Crippen LogP contribution in [-0.4, -0.2) is 26.3 Å². The van der Waals surface area contributed by atoms with E-state index in [0.29, 0.717) is 0 Å². The van der Waals surface area contributed by atoms with Crippen LogP contribution in [0.1, 0.15) is 18.9 Å². The Morgan fingerprint density at radius 2 is 2.33 bits per heavy atom. The smallest absolute Gasteiger partial charge is 0.191 e. The van der Waals surface area contributed by atoms with Gasteiger partial charge in [-0.05, 0) is 12.5 Å². The first-order valence-electron chi connectivity index (χ1n) is 5.95. The predicted molar refractivity (Wildman–Crippen MR) is 73.6 cm³/mol. The average Bonchev–Trinajstić information content (AvgIpc) is 2.80. The van der Waals surface area contributed by atoms with Crippen molar-refractivity contribution in [1.29, 1.82) is 0 Å². The average molecular weight is 263 g/mol. The lowest BCUT2D eigenvalue weighted by atomic mass is 10.3. The van der Waals surface area contributed by atoms with Crippen LogP contribution in [0.3, 0.4) is 0 Å². The second kappa shape index (κ2) is 6.39. The van der Waals surface area contributed by atoms with Crippen molar-refractivity contribution in [3.8, 4) is 0 Å². The minimum atomic E-state index is 0.840. The summed E-state index contributed by atoms with van der Waals surface area (Å²) in [6.45, 7) is 3.09. The Morgan fingerprint density at radius 1 is 1.44 bits per heavy atom. The molecule has 0 aromatic carbocycles. The second-order valence-electron chi connectivity index (χ2n) is 3.95. The van der Waals surface area contributed by atoms with Crippen LogP contribution in [0.15, 0.2) is 29.8 Å². The zero-order chi connectivity index (χ0) is 12.8. The van der Waals surface area contributed by atoms with Crippen molar-refractivity contribution in [1.82, 2.24) is 19.7 Å². The van der Waals surface area contributed by atoms with Crippen LogP contribution in [0.5, 0.6) is 0 Å². The Bertz CT molecular complexity index is 497. The summed E-state index contributed by atoms with van der Waals surface area (Å²) in [4.78, 5) is 4.37. The van der Waals surface area contributed by atoms with E-state index in [0.717, 1.165) is 29.7 Å². The zero-order valence-corrected chi connectivity index (χ0v) is 11.4. The van der Waals surface area contributed by atoms with Crippen molar-refractivity contribution >= 4 is 17.6 Å². The molecule has 1 N–H and O–H groups in total. The Labute approximate surface area is 111 Å². The van der Waals surface area contributed by atoms with Crippen LogP contribution in [0.4, 0.5) is 5.82 Å². The molecule has 0 unspecified atom stereocenters. The maximum absolute atomic E-state index is 4.37. The lowest BCUT2D eigenvalue weighted by molar-refractivity contribution is 0.788. The van der Waals surface area contributed by atoms with Gasteiger partial charge in [0.25, 0.3) is 0 Å². The monoisotopic (exact) mass is 263 g/mol. The topological polar surface area (TPSA) is 55.6 Å². The highest BCUT2D eigenvalue weighted by Crippen LogP contribution is 2.23. The van der Waals surface area contributed by atoms with E-state index >= 15 is 0 Å². The van der Waals surface area contributed by atoms with Gasteiger partial charge in [0, 0.05) is 31.1 Å². The molecule has 0 bridgehead atoms. The number of nitrogens with one attached hydrogen (secondary N) is 1. The summed E-state index contributed by atoms with van der Waals surface area (Å²) in [5.74, 6) is 1.81. The number of pyridine rings is 1. The van der Waals surface area contributed by atoms with E-state index in [2.05, 4.69) is 33.5 Å². The quantitative estimate of drug-likeness (QED) is 0.811. The largest absolute Gasteiger partial charge is 0.370 e. The molecule has 0 fully saturated rings. The molecule has 2 aromatic rings. The highest BCUT2D eigenvalue weighted by atomic mass is 32.2. The highest BCUT2D eigenvalue weighted by Gasteiger charge is 2.06. The van der Waals surface area contributed by atoms with Gasteiger partial charge in [0.2, 0.25) is 0 Å². The van der Waals surface area contributed by atoms with Crippen molar-refractivity contribution in [3.05, 3.63) is 30.2 Å².